The molecule has 0 heterocycles. The fourth-order valence-electron chi connectivity index (χ4n) is 1.95. The smallest absolute Gasteiger partial charge is 0.402 e. The normalized spacial score (nSPS) is 13.8. The van der Waals surface area contributed by atoms with Gasteiger partial charge in [-0.2, -0.15) is 13.2 Å². The van der Waals surface area contributed by atoms with E-state index in [1.807, 2.05) is 0 Å². The van der Waals surface area contributed by atoms with Crippen molar-refractivity contribution >= 4 is 17.2 Å². The number of amides is 1. The Bertz CT molecular complexity index is 688. The lowest BCUT2D eigenvalue weighted by molar-refractivity contribution is -0.118. The first-order chi connectivity index (χ1) is 10.5. The van der Waals surface area contributed by atoms with Crippen LogP contribution in [-0.2, 0) is 0 Å². The number of benzene rings is 1. The Kier molecular flexibility index (Phi) is 5.46. The van der Waals surface area contributed by atoms with Crippen LogP contribution < -0.4 is 11.5 Å². The quantitative estimate of drug-likeness (QED) is 0.655. The molecule has 0 aromatic heterocycles. The summed E-state index contributed by atoms with van der Waals surface area (Å²) >= 11 is 0. The van der Waals surface area contributed by atoms with Gasteiger partial charge in [-0.1, -0.05) is 0 Å². The number of primary amides is 1. The molecule has 126 valence electrons. The van der Waals surface area contributed by atoms with Crippen LogP contribution in [0.4, 0.5) is 22.0 Å². The predicted molar refractivity (Wildman–Crippen MR) is 75.7 cm³/mol. The SMILES string of the molecule is CC(=NCC(F)(F)F)/C(=C(/C)N)c1ccc(F)c(C(N)=O)c1F. The molecule has 0 aliphatic heterocycles. The second-order valence-electron chi connectivity index (χ2n) is 4.72. The zero-order valence-corrected chi connectivity index (χ0v) is 12.3. The van der Waals surface area contributed by atoms with Gasteiger partial charge in [-0.25, -0.2) is 8.78 Å². The minimum atomic E-state index is -4.55. The molecule has 9 heteroatoms. The number of halogens is 5. The van der Waals surface area contributed by atoms with Crippen molar-refractivity contribution in [3.8, 4) is 0 Å². The molecule has 4 nitrogen and oxygen atoms in total. The summed E-state index contributed by atoms with van der Waals surface area (Å²) in [5, 5.41) is 0. The Labute approximate surface area is 128 Å². The van der Waals surface area contributed by atoms with E-state index in [4.69, 9.17) is 11.5 Å². The molecular weight excluding hydrogens is 321 g/mol. The Morgan fingerprint density at radius 1 is 1.17 bits per heavy atom. The molecule has 0 spiro atoms. The fourth-order valence-corrected chi connectivity index (χ4v) is 1.95. The van der Waals surface area contributed by atoms with Gasteiger partial charge in [0.05, 0.1) is 0 Å². The number of carbonyl (C=O) groups excluding carboxylic acids is 1. The van der Waals surface area contributed by atoms with Crippen LogP contribution in [0.2, 0.25) is 0 Å². The number of hydrogen-bond donors (Lipinski definition) is 2. The molecule has 1 rings (SSSR count). The van der Waals surface area contributed by atoms with Gasteiger partial charge in [0.1, 0.15) is 23.7 Å². The molecule has 0 saturated heterocycles. The van der Waals surface area contributed by atoms with Gasteiger partial charge in [0.25, 0.3) is 5.91 Å². The Morgan fingerprint density at radius 2 is 1.74 bits per heavy atom. The number of carbonyl (C=O) groups is 1. The molecular formula is C14H14F5N3O. The van der Waals surface area contributed by atoms with E-state index in [2.05, 4.69) is 4.99 Å². The minimum Gasteiger partial charge on any atom is -0.402 e. The zero-order chi connectivity index (χ0) is 17.9. The average molecular weight is 335 g/mol. The number of hydrogen-bond acceptors (Lipinski definition) is 3. The zero-order valence-electron chi connectivity index (χ0n) is 12.3. The molecule has 1 aromatic carbocycles. The van der Waals surface area contributed by atoms with Crippen LogP contribution in [0.15, 0.2) is 22.8 Å². The van der Waals surface area contributed by atoms with Crippen molar-refractivity contribution in [1.29, 1.82) is 0 Å². The van der Waals surface area contributed by atoms with E-state index in [0.717, 1.165) is 12.1 Å². The van der Waals surface area contributed by atoms with Crippen LogP contribution in [0.3, 0.4) is 0 Å². The van der Waals surface area contributed by atoms with E-state index in [1.54, 1.807) is 0 Å². The maximum Gasteiger partial charge on any atom is 0.407 e. The molecule has 1 amide bonds. The molecule has 0 atom stereocenters. The summed E-state index contributed by atoms with van der Waals surface area (Å²) in [7, 11) is 0. The topological polar surface area (TPSA) is 81.5 Å². The van der Waals surface area contributed by atoms with Crippen LogP contribution in [-0.4, -0.2) is 24.3 Å². The van der Waals surface area contributed by atoms with Crippen molar-refractivity contribution in [3.63, 3.8) is 0 Å². The van der Waals surface area contributed by atoms with Crippen molar-refractivity contribution in [3.05, 3.63) is 40.6 Å². The third-order valence-electron chi connectivity index (χ3n) is 2.86. The number of nitrogens with two attached hydrogens (primary N) is 2. The van der Waals surface area contributed by atoms with E-state index < -0.39 is 35.8 Å². The summed E-state index contributed by atoms with van der Waals surface area (Å²) in [4.78, 5) is 14.4. The van der Waals surface area contributed by atoms with Gasteiger partial charge < -0.3 is 11.5 Å². The molecule has 0 bridgehead atoms. The minimum absolute atomic E-state index is 0.0469. The molecule has 0 unspecified atom stereocenters. The van der Waals surface area contributed by atoms with E-state index in [9.17, 15) is 26.7 Å². The lowest BCUT2D eigenvalue weighted by Gasteiger charge is -2.14. The summed E-state index contributed by atoms with van der Waals surface area (Å²) < 4.78 is 64.5. The highest BCUT2D eigenvalue weighted by atomic mass is 19.4. The molecule has 4 N–H and O–H groups in total. The first kappa shape index (κ1) is 18.6. The number of nitrogens with zero attached hydrogens (tertiary/aromatic N) is 1. The molecule has 1 aromatic rings. The molecule has 0 aliphatic rings. The van der Waals surface area contributed by atoms with E-state index in [0.29, 0.717) is 0 Å². The maximum absolute atomic E-state index is 14.3. The van der Waals surface area contributed by atoms with Crippen LogP contribution >= 0.6 is 0 Å². The third-order valence-corrected chi connectivity index (χ3v) is 2.86. The summed E-state index contributed by atoms with van der Waals surface area (Å²) in [6, 6.07) is 1.73. The van der Waals surface area contributed by atoms with Crippen molar-refractivity contribution in [2.75, 3.05) is 6.54 Å². The van der Waals surface area contributed by atoms with Gasteiger partial charge in [-0.3, -0.25) is 9.79 Å². The van der Waals surface area contributed by atoms with Crippen molar-refractivity contribution in [2.24, 2.45) is 16.5 Å². The molecule has 23 heavy (non-hydrogen) atoms. The fraction of sp³-hybridized carbons (Fsp3) is 0.286. The first-order valence-corrected chi connectivity index (χ1v) is 6.28. The molecule has 0 saturated carbocycles. The van der Waals surface area contributed by atoms with Gasteiger partial charge in [0.2, 0.25) is 0 Å². The molecule has 0 fully saturated rings. The maximum atomic E-state index is 14.3. The molecule has 0 aliphatic carbocycles. The third kappa shape index (κ3) is 4.51. The van der Waals surface area contributed by atoms with E-state index >= 15 is 0 Å². The number of allylic oxidation sites excluding steroid dienone is 2. The van der Waals surface area contributed by atoms with Crippen LogP contribution in [0.1, 0.15) is 29.8 Å². The number of aliphatic imine (C=N–C) groups is 1. The van der Waals surface area contributed by atoms with Crippen LogP contribution in [0.5, 0.6) is 0 Å². The second kappa shape index (κ2) is 6.76. The van der Waals surface area contributed by atoms with Gasteiger partial charge in [0, 0.05) is 22.5 Å². The standard InChI is InChI=1S/C14H14F5N3O/c1-6(20)10(7(2)22-5-14(17,18)19)8-3-4-9(15)11(12(8)16)13(21)23/h3-4H,5,20H2,1-2H3,(H2,21,23)/b10-6+,22-7?. The van der Waals surface area contributed by atoms with Crippen molar-refractivity contribution < 1.29 is 26.7 Å². The van der Waals surface area contributed by atoms with Gasteiger partial charge in [-0.15, -0.1) is 0 Å². The highest BCUT2D eigenvalue weighted by Gasteiger charge is 2.27. The summed E-state index contributed by atoms with van der Waals surface area (Å²) in [6.07, 6.45) is -4.55. The van der Waals surface area contributed by atoms with Crippen molar-refractivity contribution in [1.82, 2.24) is 0 Å². The lowest BCUT2D eigenvalue weighted by atomic mass is 9.96. The Morgan fingerprint density at radius 3 is 2.17 bits per heavy atom. The number of alkyl halides is 3. The van der Waals surface area contributed by atoms with Crippen LogP contribution in [0, 0.1) is 11.6 Å². The van der Waals surface area contributed by atoms with Gasteiger partial charge >= 0.3 is 6.18 Å². The first-order valence-electron chi connectivity index (χ1n) is 6.28. The Balaban J connectivity index is 3.49. The van der Waals surface area contributed by atoms with Crippen molar-refractivity contribution in [2.45, 2.75) is 20.0 Å². The highest BCUT2D eigenvalue weighted by Crippen LogP contribution is 2.26. The highest BCUT2D eigenvalue weighted by molar-refractivity contribution is 6.23. The Hall–Kier alpha value is -2.45. The van der Waals surface area contributed by atoms with E-state index in [-0.39, 0.29) is 22.5 Å². The largest absolute Gasteiger partial charge is 0.407 e. The lowest BCUT2D eigenvalue weighted by Crippen LogP contribution is -2.19. The summed E-state index contributed by atoms with van der Waals surface area (Å²) in [5.41, 5.74) is 8.73. The number of rotatable bonds is 4. The van der Waals surface area contributed by atoms with E-state index in [1.165, 1.54) is 13.8 Å². The van der Waals surface area contributed by atoms with Crippen LogP contribution in [0.25, 0.3) is 5.57 Å². The molecule has 0 radical (unpaired) electrons. The average Bonchev–Trinajstić information content (AvgIpc) is 2.38. The second-order valence-corrected chi connectivity index (χ2v) is 4.72. The monoisotopic (exact) mass is 335 g/mol. The predicted octanol–water partition coefficient (Wildman–Crippen LogP) is 2.78. The summed E-state index contributed by atoms with van der Waals surface area (Å²) in [6.45, 7) is 1.03. The van der Waals surface area contributed by atoms with Gasteiger partial charge in [-0.05, 0) is 26.0 Å². The summed E-state index contributed by atoms with van der Waals surface area (Å²) in [5.74, 6) is -3.84. The van der Waals surface area contributed by atoms with Gasteiger partial charge in [0.15, 0.2) is 0 Å².